The van der Waals surface area contributed by atoms with Crippen LogP contribution in [0.5, 0.6) is 5.75 Å². The molecule has 0 radical (unpaired) electrons. The van der Waals surface area contributed by atoms with Crippen LogP contribution in [0.2, 0.25) is 0 Å². The molecular weight excluding hydrogens is 264 g/mol. The Balaban J connectivity index is 2.06. The monoisotopic (exact) mass is 282 g/mol. The van der Waals surface area contributed by atoms with Gasteiger partial charge in [-0.2, -0.15) is 0 Å². The van der Waals surface area contributed by atoms with Crippen molar-refractivity contribution >= 4 is 11.3 Å². The minimum absolute atomic E-state index is 0.0923. The summed E-state index contributed by atoms with van der Waals surface area (Å²) in [4.78, 5) is 0. The maximum absolute atomic E-state index is 6.07. The third kappa shape index (κ3) is 2.54. The summed E-state index contributed by atoms with van der Waals surface area (Å²) in [6, 6.07) is 9.66. The van der Waals surface area contributed by atoms with Crippen molar-refractivity contribution in [2.24, 2.45) is 0 Å². The van der Waals surface area contributed by atoms with E-state index in [1.165, 1.54) is 0 Å². The number of nitrogen functional groups attached to an aromatic ring is 1. The molecule has 0 aliphatic heterocycles. The predicted octanol–water partition coefficient (Wildman–Crippen LogP) is 3.07. The molecule has 5 heteroatoms. The molecule has 5 nitrogen and oxygen atoms in total. The average Bonchev–Trinajstić information content (AvgIpc) is 2.83. The number of nitrogens with zero attached hydrogens (tertiary/aromatic N) is 3. The molecule has 0 aliphatic rings. The number of hydrogen-bond acceptors (Lipinski definition) is 4. The highest BCUT2D eigenvalue weighted by molar-refractivity contribution is 5.68. The molecule has 0 saturated heterocycles. The first kappa shape index (κ1) is 13.4. The normalized spacial score (nSPS) is 11.2. The summed E-state index contributed by atoms with van der Waals surface area (Å²) in [7, 11) is 0. The van der Waals surface area contributed by atoms with Gasteiger partial charge in [0.15, 0.2) is 11.5 Å². The maximum atomic E-state index is 6.07. The predicted molar refractivity (Wildman–Crippen MR) is 83.3 cm³/mol. The van der Waals surface area contributed by atoms with Crippen LogP contribution in [0.15, 0.2) is 36.5 Å². The second-order valence-corrected chi connectivity index (χ2v) is 5.38. The summed E-state index contributed by atoms with van der Waals surface area (Å²) in [6.07, 6.45) is 2.11. The Morgan fingerprint density at radius 3 is 2.67 bits per heavy atom. The van der Waals surface area contributed by atoms with E-state index in [0.29, 0.717) is 11.4 Å². The first-order valence-electron chi connectivity index (χ1n) is 6.92. The molecule has 2 heterocycles. The Labute approximate surface area is 123 Å². The maximum Gasteiger partial charge on any atom is 0.168 e. The van der Waals surface area contributed by atoms with Crippen LogP contribution in [0.3, 0.4) is 0 Å². The van der Waals surface area contributed by atoms with Gasteiger partial charge in [0.05, 0.1) is 11.8 Å². The molecule has 2 aromatic heterocycles. The first-order valence-corrected chi connectivity index (χ1v) is 6.92. The van der Waals surface area contributed by atoms with Gasteiger partial charge in [0.1, 0.15) is 5.75 Å². The molecule has 0 amide bonds. The fourth-order valence-electron chi connectivity index (χ4n) is 2.24. The molecule has 0 atom stereocenters. The quantitative estimate of drug-likeness (QED) is 0.750. The number of fused-ring (bicyclic) bond motifs is 1. The Hall–Kier alpha value is -2.56. The van der Waals surface area contributed by atoms with E-state index in [9.17, 15) is 0 Å². The molecule has 0 spiro atoms. The van der Waals surface area contributed by atoms with E-state index < -0.39 is 0 Å². The molecule has 3 aromatic rings. The van der Waals surface area contributed by atoms with Gasteiger partial charge in [0.2, 0.25) is 0 Å². The van der Waals surface area contributed by atoms with E-state index in [4.69, 9.17) is 10.5 Å². The van der Waals surface area contributed by atoms with Gasteiger partial charge in [-0.05, 0) is 50.6 Å². The van der Waals surface area contributed by atoms with Gasteiger partial charge in [-0.1, -0.05) is 6.07 Å². The summed E-state index contributed by atoms with van der Waals surface area (Å²) in [5.41, 5.74) is 9.55. The van der Waals surface area contributed by atoms with E-state index in [-0.39, 0.29) is 6.10 Å². The van der Waals surface area contributed by atoms with Crippen LogP contribution >= 0.6 is 0 Å². The fraction of sp³-hybridized carbons (Fsp3) is 0.250. The second kappa shape index (κ2) is 5.09. The zero-order valence-electron chi connectivity index (χ0n) is 12.4. The minimum atomic E-state index is 0.0923. The van der Waals surface area contributed by atoms with Crippen molar-refractivity contribution in [3.8, 4) is 17.1 Å². The summed E-state index contributed by atoms with van der Waals surface area (Å²) >= 11 is 0. The smallest absolute Gasteiger partial charge is 0.168 e. The Morgan fingerprint density at radius 2 is 1.95 bits per heavy atom. The molecule has 0 fully saturated rings. The molecule has 2 N–H and O–H groups in total. The molecule has 21 heavy (non-hydrogen) atoms. The molecule has 0 saturated carbocycles. The van der Waals surface area contributed by atoms with Crippen LogP contribution in [-0.2, 0) is 0 Å². The largest absolute Gasteiger partial charge is 0.489 e. The Kier molecular flexibility index (Phi) is 3.25. The van der Waals surface area contributed by atoms with Crippen LogP contribution in [0.1, 0.15) is 19.4 Å². The summed E-state index contributed by atoms with van der Waals surface area (Å²) < 4.78 is 7.62. The first-order chi connectivity index (χ1) is 10.0. The van der Waals surface area contributed by atoms with Crippen molar-refractivity contribution in [2.75, 3.05) is 5.73 Å². The third-order valence-corrected chi connectivity index (χ3v) is 3.18. The van der Waals surface area contributed by atoms with Crippen LogP contribution < -0.4 is 10.5 Å². The van der Waals surface area contributed by atoms with Crippen LogP contribution in [0, 0.1) is 6.92 Å². The zero-order chi connectivity index (χ0) is 15.0. The van der Waals surface area contributed by atoms with Crippen molar-refractivity contribution in [3.05, 3.63) is 42.1 Å². The third-order valence-electron chi connectivity index (χ3n) is 3.18. The highest BCUT2D eigenvalue weighted by atomic mass is 16.5. The number of pyridine rings is 1. The van der Waals surface area contributed by atoms with Crippen molar-refractivity contribution in [2.45, 2.75) is 26.9 Å². The summed E-state index contributed by atoms with van der Waals surface area (Å²) in [5.74, 6) is 1.47. The molecular formula is C16H18N4O. The van der Waals surface area contributed by atoms with Crippen molar-refractivity contribution in [3.63, 3.8) is 0 Å². The van der Waals surface area contributed by atoms with Crippen molar-refractivity contribution in [1.29, 1.82) is 0 Å². The summed E-state index contributed by atoms with van der Waals surface area (Å²) in [6.45, 7) is 5.99. The average molecular weight is 282 g/mol. The molecule has 0 bridgehead atoms. The molecule has 108 valence electrons. The number of aryl methyl sites for hydroxylation is 1. The van der Waals surface area contributed by atoms with Gasteiger partial charge in [-0.25, -0.2) is 0 Å². The minimum Gasteiger partial charge on any atom is -0.489 e. The van der Waals surface area contributed by atoms with Crippen molar-refractivity contribution < 1.29 is 4.74 Å². The second-order valence-electron chi connectivity index (χ2n) is 5.38. The van der Waals surface area contributed by atoms with Gasteiger partial charge in [-0.3, -0.25) is 4.40 Å². The van der Waals surface area contributed by atoms with E-state index in [1.54, 1.807) is 0 Å². The molecule has 0 unspecified atom stereocenters. The lowest BCUT2D eigenvalue weighted by Crippen LogP contribution is -2.07. The highest BCUT2D eigenvalue weighted by Gasteiger charge is 2.11. The van der Waals surface area contributed by atoms with E-state index >= 15 is 0 Å². The standard InChI is InChI=1S/C16H18N4O/c1-10(2)21-14-6-5-12(8-13(14)17)16-19-18-15-7-4-11(3)9-20(15)16/h4-10H,17H2,1-3H3. The lowest BCUT2D eigenvalue weighted by atomic mass is 10.1. The topological polar surface area (TPSA) is 65.4 Å². The lowest BCUT2D eigenvalue weighted by Gasteiger charge is -2.12. The van der Waals surface area contributed by atoms with Gasteiger partial charge in [0.25, 0.3) is 0 Å². The summed E-state index contributed by atoms with van der Waals surface area (Å²) in [5, 5.41) is 8.43. The van der Waals surface area contributed by atoms with Crippen LogP contribution in [0.25, 0.3) is 17.0 Å². The van der Waals surface area contributed by atoms with E-state index in [0.717, 1.165) is 22.6 Å². The number of aromatic nitrogens is 3. The van der Waals surface area contributed by atoms with E-state index in [1.807, 2.05) is 61.7 Å². The SMILES string of the molecule is Cc1ccc2nnc(-c3ccc(OC(C)C)c(N)c3)n2c1. The molecule has 0 aliphatic carbocycles. The van der Waals surface area contributed by atoms with Gasteiger partial charge >= 0.3 is 0 Å². The number of anilines is 1. The van der Waals surface area contributed by atoms with Gasteiger partial charge < -0.3 is 10.5 Å². The lowest BCUT2D eigenvalue weighted by molar-refractivity contribution is 0.244. The Bertz CT molecular complexity index is 792. The van der Waals surface area contributed by atoms with Crippen LogP contribution in [0.4, 0.5) is 5.69 Å². The number of ether oxygens (including phenoxy) is 1. The molecule has 1 aromatic carbocycles. The van der Waals surface area contributed by atoms with Gasteiger partial charge in [0, 0.05) is 11.8 Å². The molecule has 3 rings (SSSR count). The number of hydrogen-bond donors (Lipinski definition) is 1. The Morgan fingerprint density at radius 1 is 1.14 bits per heavy atom. The fourth-order valence-corrected chi connectivity index (χ4v) is 2.24. The van der Waals surface area contributed by atoms with Crippen molar-refractivity contribution in [1.82, 2.24) is 14.6 Å². The van der Waals surface area contributed by atoms with Gasteiger partial charge in [-0.15, -0.1) is 10.2 Å². The number of nitrogens with two attached hydrogens (primary N) is 1. The van der Waals surface area contributed by atoms with Crippen LogP contribution in [-0.4, -0.2) is 20.7 Å². The number of rotatable bonds is 3. The number of benzene rings is 1. The van der Waals surface area contributed by atoms with E-state index in [2.05, 4.69) is 10.2 Å². The highest BCUT2D eigenvalue weighted by Crippen LogP contribution is 2.28. The zero-order valence-corrected chi connectivity index (χ0v) is 12.4.